The fraction of sp³-hybridized carbons (Fsp3) is 0.333. The lowest BCUT2D eigenvalue weighted by Crippen LogP contribution is -2.18. The first-order valence-electron chi connectivity index (χ1n) is 2.66. The molecule has 0 saturated heterocycles. The van der Waals surface area contributed by atoms with Gasteiger partial charge in [0.15, 0.2) is 5.83 Å². The molecule has 1 N–H and O–H groups in total. The molecule has 1 unspecified atom stereocenters. The summed E-state index contributed by atoms with van der Waals surface area (Å²) < 4.78 is 23.1. The van der Waals surface area contributed by atoms with E-state index < -0.39 is 16.2 Å². The third-order valence-electron chi connectivity index (χ3n) is 1.15. The molecule has 0 aromatic rings. The zero-order valence-corrected chi connectivity index (χ0v) is 6.53. The van der Waals surface area contributed by atoms with Crippen molar-refractivity contribution in [2.75, 3.05) is 0 Å². The Labute approximate surface area is 65.2 Å². The molecule has 0 saturated carbocycles. The Morgan fingerprint density at radius 1 is 1.60 bits per heavy atom. The van der Waals surface area contributed by atoms with E-state index in [1.165, 1.54) is 0 Å². The van der Waals surface area contributed by atoms with Crippen molar-refractivity contribution in [3.8, 4) is 0 Å². The minimum atomic E-state index is -1.41. The van der Waals surface area contributed by atoms with Crippen LogP contribution in [0.15, 0.2) is 23.8 Å². The van der Waals surface area contributed by atoms with Gasteiger partial charge in [-0.15, -0.1) is 0 Å². The van der Waals surface area contributed by atoms with E-state index in [9.17, 15) is 8.78 Å². The lowest BCUT2D eigenvalue weighted by molar-refractivity contribution is 0.182. The summed E-state index contributed by atoms with van der Waals surface area (Å²) in [7, 11) is 0. The second-order valence-corrected chi connectivity index (χ2v) is 3.45. The summed E-state index contributed by atoms with van der Waals surface area (Å²) in [4.78, 5) is 0. The first-order chi connectivity index (χ1) is 4.51. The molecule has 1 aliphatic carbocycles. The molecule has 0 radical (unpaired) electrons. The first kappa shape index (κ1) is 7.88. The van der Waals surface area contributed by atoms with Gasteiger partial charge in [-0.1, -0.05) is 0 Å². The van der Waals surface area contributed by atoms with E-state index in [0.717, 1.165) is 12.2 Å². The SMILES string of the molecule is OC1(Br)C=CC(F)=C(F)C1. The zero-order chi connectivity index (χ0) is 7.78. The van der Waals surface area contributed by atoms with Crippen molar-refractivity contribution in [2.45, 2.75) is 10.9 Å². The van der Waals surface area contributed by atoms with Crippen molar-refractivity contribution in [2.24, 2.45) is 0 Å². The van der Waals surface area contributed by atoms with Crippen LogP contribution in [-0.4, -0.2) is 9.62 Å². The van der Waals surface area contributed by atoms with Gasteiger partial charge < -0.3 is 5.11 Å². The number of hydrogen-bond donors (Lipinski definition) is 1. The molecule has 0 bridgehead atoms. The molecule has 4 heteroatoms. The van der Waals surface area contributed by atoms with E-state index in [2.05, 4.69) is 15.9 Å². The fourth-order valence-electron chi connectivity index (χ4n) is 0.652. The van der Waals surface area contributed by atoms with E-state index in [4.69, 9.17) is 5.11 Å². The van der Waals surface area contributed by atoms with Crippen LogP contribution in [0.25, 0.3) is 0 Å². The molecule has 10 heavy (non-hydrogen) atoms. The maximum absolute atomic E-state index is 12.3. The molecule has 0 aromatic heterocycles. The van der Waals surface area contributed by atoms with E-state index in [1.807, 2.05) is 0 Å². The molecule has 56 valence electrons. The molecule has 0 spiro atoms. The van der Waals surface area contributed by atoms with Crippen molar-refractivity contribution in [3.05, 3.63) is 23.8 Å². The van der Waals surface area contributed by atoms with Crippen molar-refractivity contribution in [3.63, 3.8) is 0 Å². The van der Waals surface area contributed by atoms with Crippen molar-refractivity contribution < 1.29 is 13.9 Å². The Hall–Kier alpha value is -0.220. The van der Waals surface area contributed by atoms with Crippen molar-refractivity contribution in [1.29, 1.82) is 0 Å². The highest BCUT2D eigenvalue weighted by atomic mass is 79.9. The summed E-state index contributed by atoms with van der Waals surface area (Å²) >= 11 is 2.79. The summed E-state index contributed by atoms with van der Waals surface area (Å²) in [6.07, 6.45) is 1.70. The highest BCUT2D eigenvalue weighted by molar-refractivity contribution is 9.10. The van der Waals surface area contributed by atoms with Gasteiger partial charge in [0.25, 0.3) is 0 Å². The molecule has 1 nitrogen and oxygen atoms in total. The molecule has 1 rings (SSSR count). The van der Waals surface area contributed by atoms with Crippen LogP contribution >= 0.6 is 15.9 Å². The summed E-state index contributed by atoms with van der Waals surface area (Å²) in [5.41, 5.74) is 0. The smallest absolute Gasteiger partial charge is 0.154 e. The summed E-state index contributed by atoms with van der Waals surface area (Å²) in [6, 6.07) is 0. The molecule has 0 fully saturated rings. The quantitative estimate of drug-likeness (QED) is 0.608. The van der Waals surface area contributed by atoms with Crippen LogP contribution in [0.5, 0.6) is 0 Å². The normalized spacial score (nSPS) is 33.2. The van der Waals surface area contributed by atoms with Crippen LogP contribution in [0.1, 0.15) is 6.42 Å². The molecule has 0 aromatic carbocycles. The van der Waals surface area contributed by atoms with E-state index in [-0.39, 0.29) is 6.42 Å². The number of allylic oxidation sites excluding steroid dienone is 2. The molecular formula is C6H5BrF2O. The van der Waals surface area contributed by atoms with Crippen molar-refractivity contribution >= 4 is 15.9 Å². The average molecular weight is 211 g/mol. The topological polar surface area (TPSA) is 20.2 Å². The monoisotopic (exact) mass is 210 g/mol. The van der Waals surface area contributed by atoms with Crippen molar-refractivity contribution in [1.82, 2.24) is 0 Å². The first-order valence-corrected chi connectivity index (χ1v) is 3.45. The number of alkyl halides is 1. The molecular weight excluding hydrogens is 206 g/mol. The molecule has 0 aliphatic heterocycles. The third-order valence-corrected chi connectivity index (χ3v) is 1.69. The lowest BCUT2D eigenvalue weighted by Gasteiger charge is -2.18. The maximum atomic E-state index is 12.3. The van der Waals surface area contributed by atoms with Crippen LogP contribution < -0.4 is 0 Å². The largest absolute Gasteiger partial charge is 0.375 e. The van der Waals surface area contributed by atoms with Gasteiger partial charge in [-0.3, -0.25) is 0 Å². The molecule has 0 amide bonds. The van der Waals surface area contributed by atoms with Crippen LogP contribution in [0.2, 0.25) is 0 Å². The van der Waals surface area contributed by atoms with E-state index >= 15 is 0 Å². The van der Waals surface area contributed by atoms with E-state index in [1.54, 1.807) is 0 Å². The number of hydrogen-bond acceptors (Lipinski definition) is 1. The van der Waals surface area contributed by atoms with Gasteiger partial charge in [-0.25, -0.2) is 8.78 Å². The van der Waals surface area contributed by atoms with E-state index in [0.29, 0.717) is 0 Å². The predicted molar refractivity (Wildman–Crippen MR) is 36.9 cm³/mol. The Kier molecular flexibility index (Phi) is 1.92. The Morgan fingerprint density at radius 2 is 2.20 bits per heavy atom. The zero-order valence-electron chi connectivity index (χ0n) is 4.94. The van der Waals surface area contributed by atoms with Gasteiger partial charge in [0.2, 0.25) is 0 Å². The Morgan fingerprint density at radius 3 is 2.60 bits per heavy atom. The number of rotatable bonds is 0. The summed E-state index contributed by atoms with van der Waals surface area (Å²) in [5, 5.41) is 9.05. The average Bonchev–Trinajstić information content (AvgIpc) is 1.79. The predicted octanol–water partition coefficient (Wildman–Crippen LogP) is 2.18. The van der Waals surface area contributed by atoms with Gasteiger partial charge in [0, 0.05) is 6.42 Å². The maximum Gasteiger partial charge on any atom is 0.154 e. The molecule has 1 aliphatic rings. The second-order valence-electron chi connectivity index (χ2n) is 2.08. The minimum absolute atomic E-state index is 0.352. The number of halogens is 3. The lowest BCUT2D eigenvalue weighted by atomic mass is 10.1. The minimum Gasteiger partial charge on any atom is -0.375 e. The van der Waals surface area contributed by atoms with Crippen LogP contribution in [0.3, 0.4) is 0 Å². The van der Waals surface area contributed by atoms with Crippen LogP contribution in [0.4, 0.5) is 8.78 Å². The fourth-order valence-corrected chi connectivity index (χ4v) is 1.03. The van der Waals surface area contributed by atoms with Gasteiger partial charge in [0.05, 0.1) is 0 Å². The summed E-state index contributed by atoms with van der Waals surface area (Å²) in [5.74, 6) is -1.84. The molecule has 1 atom stereocenters. The second kappa shape index (κ2) is 2.43. The third kappa shape index (κ3) is 1.64. The van der Waals surface area contributed by atoms with Crippen LogP contribution in [0, 0.1) is 0 Å². The Balaban J connectivity index is 2.85. The standard InChI is InChI=1S/C6H5BrF2O/c7-6(10)2-1-4(8)5(9)3-6/h1-2,10H,3H2. The highest BCUT2D eigenvalue weighted by Gasteiger charge is 2.26. The summed E-state index contributed by atoms with van der Waals surface area (Å²) in [6.45, 7) is 0. The van der Waals surface area contributed by atoms with Gasteiger partial charge >= 0.3 is 0 Å². The van der Waals surface area contributed by atoms with Gasteiger partial charge in [-0.05, 0) is 28.1 Å². The van der Waals surface area contributed by atoms with Gasteiger partial charge in [-0.2, -0.15) is 0 Å². The van der Waals surface area contributed by atoms with Gasteiger partial charge in [0.1, 0.15) is 10.3 Å². The highest BCUT2D eigenvalue weighted by Crippen LogP contribution is 2.32. The van der Waals surface area contributed by atoms with Crippen LogP contribution in [-0.2, 0) is 0 Å². The molecule has 0 heterocycles. The Bertz CT molecular complexity index is 208. The number of aliphatic hydroxyl groups is 1.